The van der Waals surface area contributed by atoms with Gasteiger partial charge in [-0.25, -0.2) is 0 Å². The highest BCUT2D eigenvalue weighted by molar-refractivity contribution is 5.94. The molecular weight excluding hydrogens is 178 g/mol. The lowest BCUT2D eigenvalue weighted by molar-refractivity contribution is 0.436. The van der Waals surface area contributed by atoms with Gasteiger partial charge in [-0.15, -0.1) is 5.11 Å². The molecule has 2 rings (SSSR count). The smallest absolute Gasteiger partial charge is 0.220 e. The predicted molar refractivity (Wildman–Crippen MR) is 55.0 cm³/mol. The third kappa shape index (κ3) is 1.08. The summed E-state index contributed by atoms with van der Waals surface area (Å²) < 4.78 is 1.69. The SMILES string of the molecule is CN=Nc1c(O)n(C)c2ccccc12. The Morgan fingerprint density at radius 3 is 2.71 bits per heavy atom. The van der Waals surface area contributed by atoms with Gasteiger partial charge in [0, 0.05) is 19.5 Å². The van der Waals surface area contributed by atoms with Crippen molar-refractivity contribution in [3.63, 3.8) is 0 Å². The van der Waals surface area contributed by atoms with Crippen molar-refractivity contribution < 1.29 is 5.11 Å². The molecule has 1 aromatic heterocycles. The minimum atomic E-state index is 0.150. The number of fused-ring (bicyclic) bond motifs is 1. The minimum absolute atomic E-state index is 0.150. The fourth-order valence-electron chi connectivity index (χ4n) is 1.56. The molecule has 2 aromatic rings. The van der Waals surface area contributed by atoms with Gasteiger partial charge in [0.2, 0.25) is 5.88 Å². The molecule has 0 saturated heterocycles. The molecule has 4 heteroatoms. The molecule has 1 aromatic carbocycles. The number of hydrogen-bond donors (Lipinski definition) is 1. The van der Waals surface area contributed by atoms with Gasteiger partial charge >= 0.3 is 0 Å². The Labute approximate surface area is 81.5 Å². The van der Waals surface area contributed by atoms with Crippen molar-refractivity contribution in [2.45, 2.75) is 0 Å². The molecule has 0 amide bonds. The normalized spacial score (nSPS) is 11.6. The number of aryl methyl sites for hydroxylation is 1. The topological polar surface area (TPSA) is 49.9 Å². The minimum Gasteiger partial charge on any atom is -0.493 e. The summed E-state index contributed by atoms with van der Waals surface area (Å²) in [5, 5.41) is 18.3. The second-order valence-corrected chi connectivity index (χ2v) is 3.05. The van der Waals surface area contributed by atoms with E-state index in [1.807, 2.05) is 24.3 Å². The first-order valence-electron chi connectivity index (χ1n) is 4.32. The van der Waals surface area contributed by atoms with Crippen LogP contribution in [0, 0.1) is 0 Å². The predicted octanol–water partition coefficient (Wildman–Crippen LogP) is 2.60. The van der Waals surface area contributed by atoms with Crippen LogP contribution in [0.5, 0.6) is 5.88 Å². The summed E-state index contributed by atoms with van der Waals surface area (Å²) in [5.74, 6) is 0.150. The number of aromatic nitrogens is 1. The molecule has 0 bridgehead atoms. The first-order chi connectivity index (χ1) is 6.75. The molecule has 0 aliphatic heterocycles. The average molecular weight is 189 g/mol. The quantitative estimate of drug-likeness (QED) is 0.689. The van der Waals surface area contributed by atoms with Gasteiger partial charge in [0.15, 0.2) is 5.69 Å². The molecule has 0 unspecified atom stereocenters. The highest BCUT2D eigenvalue weighted by Gasteiger charge is 2.12. The monoisotopic (exact) mass is 189 g/mol. The van der Waals surface area contributed by atoms with Crippen LogP contribution in [0.2, 0.25) is 0 Å². The number of nitrogens with zero attached hydrogens (tertiary/aromatic N) is 3. The third-order valence-corrected chi connectivity index (χ3v) is 2.25. The molecule has 1 heterocycles. The molecule has 0 atom stereocenters. The van der Waals surface area contributed by atoms with Crippen LogP contribution >= 0.6 is 0 Å². The van der Waals surface area contributed by atoms with Gasteiger partial charge in [-0.2, -0.15) is 5.11 Å². The van der Waals surface area contributed by atoms with Gasteiger partial charge in [-0.05, 0) is 6.07 Å². The maximum Gasteiger partial charge on any atom is 0.220 e. The van der Waals surface area contributed by atoms with E-state index >= 15 is 0 Å². The third-order valence-electron chi connectivity index (χ3n) is 2.25. The molecule has 0 aliphatic rings. The van der Waals surface area contributed by atoms with Crippen molar-refractivity contribution in [2.75, 3.05) is 7.05 Å². The Hall–Kier alpha value is -1.84. The summed E-state index contributed by atoms with van der Waals surface area (Å²) in [5.41, 5.74) is 1.48. The summed E-state index contributed by atoms with van der Waals surface area (Å²) in [6.07, 6.45) is 0. The van der Waals surface area contributed by atoms with Crippen LogP contribution < -0.4 is 0 Å². The van der Waals surface area contributed by atoms with Gasteiger partial charge in [-0.1, -0.05) is 18.2 Å². The van der Waals surface area contributed by atoms with E-state index in [0.717, 1.165) is 10.9 Å². The van der Waals surface area contributed by atoms with E-state index in [1.165, 1.54) is 0 Å². The molecule has 1 N–H and O–H groups in total. The van der Waals surface area contributed by atoms with E-state index in [-0.39, 0.29) is 5.88 Å². The summed E-state index contributed by atoms with van der Waals surface area (Å²) in [7, 11) is 3.38. The fourth-order valence-corrected chi connectivity index (χ4v) is 1.56. The van der Waals surface area contributed by atoms with Crippen molar-refractivity contribution in [3.8, 4) is 5.88 Å². The van der Waals surface area contributed by atoms with E-state index < -0.39 is 0 Å². The largest absolute Gasteiger partial charge is 0.493 e. The zero-order valence-corrected chi connectivity index (χ0v) is 8.10. The number of rotatable bonds is 1. The summed E-state index contributed by atoms with van der Waals surface area (Å²) in [6, 6.07) is 7.69. The van der Waals surface area contributed by atoms with Gasteiger partial charge in [0.1, 0.15) is 0 Å². The van der Waals surface area contributed by atoms with Crippen molar-refractivity contribution >= 4 is 16.6 Å². The molecule has 4 nitrogen and oxygen atoms in total. The van der Waals surface area contributed by atoms with E-state index in [2.05, 4.69) is 10.2 Å². The second-order valence-electron chi connectivity index (χ2n) is 3.05. The lowest BCUT2D eigenvalue weighted by Crippen LogP contribution is -1.84. The van der Waals surface area contributed by atoms with Crippen molar-refractivity contribution in [3.05, 3.63) is 24.3 Å². The molecule has 0 saturated carbocycles. The van der Waals surface area contributed by atoms with Crippen LogP contribution in [0.15, 0.2) is 34.5 Å². The zero-order valence-electron chi connectivity index (χ0n) is 8.10. The highest BCUT2D eigenvalue weighted by Crippen LogP contribution is 2.37. The molecule has 0 aliphatic carbocycles. The van der Waals surface area contributed by atoms with Crippen LogP contribution in [0.4, 0.5) is 5.69 Å². The first kappa shape index (κ1) is 8.74. The van der Waals surface area contributed by atoms with E-state index in [9.17, 15) is 5.11 Å². The Morgan fingerprint density at radius 2 is 2.00 bits per heavy atom. The van der Waals surface area contributed by atoms with Crippen LogP contribution in [0.25, 0.3) is 10.9 Å². The van der Waals surface area contributed by atoms with Crippen molar-refractivity contribution in [1.29, 1.82) is 0 Å². The fraction of sp³-hybridized carbons (Fsp3) is 0.200. The highest BCUT2D eigenvalue weighted by atomic mass is 16.3. The summed E-state index contributed by atoms with van der Waals surface area (Å²) >= 11 is 0. The van der Waals surface area contributed by atoms with Gasteiger partial charge in [0.05, 0.1) is 5.52 Å². The second kappa shape index (κ2) is 3.14. The summed E-state index contributed by atoms with van der Waals surface area (Å²) in [6.45, 7) is 0. The maximum atomic E-state index is 9.76. The van der Waals surface area contributed by atoms with Crippen LogP contribution in [0.1, 0.15) is 0 Å². The van der Waals surface area contributed by atoms with Gasteiger partial charge in [0.25, 0.3) is 0 Å². The standard InChI is InChI=1S/C10H11N3O/c1-11-12-9-7-5-3-4-6-8(7)13(2)10(9)14/h3-6,14H,1-2H3. The van der Waals surface area contributed by atoms with Gasteiger partial charge in [-0.3, -0.25) is 0 Å². The van der Waals surface area contributed by atoms with E-state index in [0.29, 0.717) is 5.69 Å². The number of aromatic hydroxyl groups is 1. The number of hydrogen-bond acceptors (Lipinski definition) is 3. The number of benzene rings is 1. The Kier molecular flexibility index (Phi) is 1.96. The average Bonchev–Trinajstić information content (AvgIpc) is 2.45. The van der Waals surface area contributed by atoms with Gasteiger partial charge < -0.3 is 9.67 Å². The molecule has 14 heavy (non-hydrogen) atoms. The Morgan fingerprint density at radius 1 is 1.29 bits per heavy atom. The first-order valence-corrected chi connectivity index (χ1v) is 4.32. The van der Waals surface area contributed by atoms with E-state index in [1.54, 1.807) is 18.7 Å². The van der Waals surface area contributed by atoms with Crippen LogP contribution in [-0.2, 0) is 7.05 Å². The van der Waals surface area contributed by atoms with Crippen LogP contribution in [0.3, 0.4) is 0 Å². The van der Waals surface area contributed by atoms with Crippen molar-refractivity contribution in [1.82, 2.24) is 4.57 Å². The summed E-state index contributed by atoms with van der Waals surface area (Å²) in [4.78, 5) is 0. The molecule has 72 valence electrons. The van der Waals surface area contributed by atoms with E-state index in [4.69, 9.17) is 0 Å². The lowest BCUT2D eigenvalue weighted by Gasteiger charge is -1.94. The lowest BCUT2D eigenvalue weighted by atomic mass is 10.2. The Balaban J connectivity index is 2.87. The maximum absolute atomic E-state index is 9.76. The van der Waals surface area contributed by atoms with Crippen LogP contribution in [-0.4, -0.2) is 16.7 Å². The van der Waals surface area contributed by atoms with Crippen molar-refractivity contribution in [2.24, 2.45) is 17.3 Å². The molecular formula is C10H11N3O. The number of azo groups is 1. The Bertz CT molecular complexity index is 499. The number of para-hydroxylation sites is 1. The molecule has 0 radical (unpaired) electrons. The zero-order chi connectivity index (χ0) is 10.1. The molecule has 0 fully saturated rings. The molecule has 0 spiro atoms.